The van der Waals surface area contributed by atoms with Gasteiger partial charge in [0.2, 0.25) is 0 Å². The smallest absolute Gasteiger partial charge is 0.278 e. The maximum Gasteiger partial charge on any atom is 0.278 e. The van der Waals surface area contributed by atoms with Crippen LogP contribution in [0.4, 0.5) is 0 Å². The van der Waals surface area contributed by atoms with Gasteiger partial charge in [0.05, 0.1) is 12.8 Å². The van der Waals surface area contributed by atoms with Crippen LogP contribution in [-0.2, 0) is 10.0 Å². The fourth-order valence-corrected chi connectivity index (χ4v) is 3.21. The second-order valence-electron chi connectivity index (χ2n) is 3.25. The van der Waals surface area contributed by atoms with Crippen molar-refractivity contribution in [3.05, 3.63) is 22.7 Å². The first kappa shape index (κ1) is 11.2. The summed E-state index contributed by atoms with van der Waals surface area (Å²) in [6, 6.07) is 3.23. The molecule has 1 aliphatic heterocycles. The number of nitrogens with one attached hydrogen (secondary N) is 1. The fraction of sp³-hybridized carbons (Fsp3) is 0.222. The van der Waals surface area contributed by atoms with Gasteiger partial charge in [0.25, 0.3) is 10.0 Å². The average molecular weight is 261 g/mol. The first-order valence-corrected chi connectivity index (χ1v) is 6.26. The minimum atomic E-state index is -3.69. The van der Waals surface area contributed by atoms with Gasteiger partial charge in [-0.05, 0) is 19.1 Å². The molecular formula is C9H9ClN2O3S. The number of rotatable bonds is 1. The molecule has 0 bridgehead atoms. The van der Waals surface area contributed by atoms with Crippen molar-refractivity contribution in [2.75, 3.05) is 7.11 Å². The zero-order valence-corrected chi connectivity index (χ0v) is 10.2. The highest BCUT2D eigenvalue weighted by Gasteiger charge is 2.28. The summed E-state index contributed by atoms with van der Waals surface area (Å²) in [6.45, 7) is 1.70. The van der Waals surface area contributed by atoms with Gasteiger partial charge in [0.1, 0.15) is 15.7 Å². The number of nitrogens with zero attached hydrogens (tertiary/aromatic N) is 1. The molecule has 5 nitrogen and oxygen atoms in total. The summed E-state index contributed by atoms with van der Waals surface area (Å²) in [6.07, 6.45) is 0. The van der Waals surface area contributed by atoms with Crippen molar-refractivity contribution in [1.29, 1.82) is 0 Å². The molecule has 0 fully saturated rings. The summed E-state index contributed by atoms with van der Waals surface area (Å²) in [5, 5.41) is 3.77. The first-order valence-electron chi connectivity index (χ1n) is 4.40. The van der Waals surface area contributed by atoms with Crippen molar-refractivity contribution < 1.29 is 13.2 Å². The zero-order chi connectivity index (χ0) is 11.9. The van der Waals surface area contributed by atoms with E-state index in [1.807, 2.05) is 0 Å². The molecule has 16 heavy (non-hydrogen) atoms. The molecule has 0 unspecified atom stereocenters. The molecule has 7 heteroatoms. The Bertz CT molecular complexity index is 581. The SMILES string of the molecule is COc1ccc2c(c1Cl)S(=O)(=O)NN=C2C. The second kappa shape index (κ2) is 3.64. The molecule has 0 aromatic heterocycles. The lowest BCUT2D eigenvalue weighted by molar-refractivity contribution is 0.413. The van der Waals surface area contributed by atoms with Gasteiger partial charge in [-0.15, -0.1) is 0 Å². The van der Waals surface area contributed by atoms with Crippen molar-refractivity contribution >= 4 is 27.3 Å². The van der Waals surface area contributed by atoms with Crippen LogP contribution in [0.2, 0.25) is 5.02 Å². The monoisotopic (exact) mass is 260 g/mol. The molecule has 1 aliphatic rings. The molecular weight excluding hydrogens is 252 g/mol. The molecule has 0 spiro atoms. The molecule has 86 valence electrons. The quantitative estimate of drug-likeness (QED) is 0.829. The van der Waals surface area contributed by atoms with E-state index in [0.717, 1.165) is 0 Å². The van der Waals surface area contributed by atoms with E-state index in [0.29, 0.717) is 17.0 Å². The Kier molecular flexibility index (Phi) is 2.55. The number of hydrazone groups is 1. The standard InChI is InChI=1S/C9H9ClN2O3S/c1-5-6-3-4-7(15-2)8(10)9(6)16(13,14)12-11-5/h3-4,12H,1-2H3. The highest BCUT2D eigenvalue weighted by Crippen LogP contribution is 2.35. The van der Waals surface area contributed by atoms with E-state index in [9.17, 15) is 8.42 Å². The van der Waals surface area contributed by atoms with Crippen LogP contribution in [0.3, 0.4) is 0 Å². The number of benzene rings is 1. The van der Waals surface area contributed by atoms with Crippen molar-refractivity contribution in [2.24, 2.45) is 5.10 Å². The van der Waals surface area contributed by atoms with Gasteiger partial charge in [-0.3, -0.25) is 0 Å². The van der Waals surface area contributed by atoms with Gasteiger partial charge in [0, 0.05) is 5.56 Å². The molecule has 1 aromatic rings. The number of hydrogen-bond acceptors (Lipinski definition) is 4. The van der Waals surface area contributed by atoms with Crippen molar-refractivity contribution in [1.82, 2.24) is 4.83 Å². The van der Waals surface area contributed by atoms with Crippen molar-refractivity contribution in [2.45, 2.75) is 11.8 Å². The summed E-state index contributed by atoms with van der Waals surface area (Å²) >= 11 is 5.98. The highest BCUT2D eigenvalue weighted by molar-refractivity contribution is 7.89. The molecule has 0 saturated heterocycles. The van der Waals surface area contributed by atoms with E-state index in [4.69, 9.17) is 16.3 Å². The molecule has 1 heterocycles. The lowest BCUT2D eigenvalue weighted by atomic mass is 10.1. The number of methoxy groups -OCH3 is 1. The fourth-order valence-electron chi connectivity index (χ4n) is 1.48. The molecule has 0 aliphatic carbocycles. The summed E-state index contributed by atoms with van der Waals surface area (Å²) in [5.74, 6) is 0.320. The lowest BCUT2D eigenvalue weighted by Gasteiger charge is -2.18. The van der Waals surface area contributed by atoms with Crippen LogP contribution in [0.1, 0.15) is 12.5 Å². The molecule has 1 N–H and O–H groups in total. The third kappa shape index (κ3) is 1.54. The predicted molar refractivity (Wildman–Crippen MR) is 60.5 cm³/mol. The van der Waals surface area contributed by atoms with Crippen LogP contribution in [0.5, 0.6) is 5.75 Å². The summed E-state index contributed by atoms with van der Waals surface area (Å²) in [4.78, 5) is 2.09. The molecule has 0 amide bonds. The van der Waals surface area contributed by atoms with Crippen molar-refractivity contribution in [3.63, 3.8) is 0 Å². The van der Waals surface area contributed by atoms with Gasteiger partial charge < -0.3 is 4.74 Å². The Morgan fingerprint density at radius 2 is 2.12 bits per heavy atom. The van der Waals surface area contributed by atoms with Crippen LogP contribution in [0.15, 0.2) is 22.1 Å². The van der Waals surface area contributed by atoms with E-state index in [2.05, 4.69) is 9.93 Å². The predicted octanol–water partition coefficient (Wildman–Crippen LogP) is 1.36. The van der Waals surface area contributed by atoms with Crippen LogP contribution in [0, 0.1) is 0 Å². The third-order valence-corrected chi connectivity index (χ3v) is 4.05. The average Bonchev–Trinajstić information content (AvgIpc) is 2.24. The zero-order valence-electron chi connectivity index (χ0n) is 8.61. The Labute approximate surface area is 98.1 Å². The Balaban J connectivity index is 2.83. The van der Waals surface area contributed by atoms with Crippen LogP contribution in [0.25, 0.3) is 0 Å². The van der Waals surface area contributed by atoms with Gasteiger partial charge in [-0.2, -0.15) is 18.4 Å². The van der Waals surface area contributed by atoms with Gasteiger partial charge in [-0.1, -0.05) is 11.6 Å². The third-order valence-electron chi connectivity index (χ3n) is 2.27. The largest absolute Gasteiger partial charge is 0.495 e. The summed E-state index contributed by atoms with van der Waals surface area (Å²) < 4.78 is 28.5. The minimum absolute atomic E-state index is 0.0148. The summed E-state index contributed by atoms with van der Waals surface area (Å²) in [7, 11) is -2.26. The molecule has 1 aromatic carbocycles. The van der Waals surface area contributed by atoms with E-state index < -0.39 is 10.0 Å². The number of hydrogen-bond donors (Lipinski definition) is 1. The van der Waals surface area contributed by atoms with Gasteiger partial charge >= 0.3 is 0 Å². The van der Waals surface area contributed by atoms with Crippen LogP contribution in [-0.4, -0.2) is 21.2 Å². The number of sulfonamides is 1. The Morgan fingerprint density at radius 1 is 1.44 bits per heavy atom. The highest BCUT2D eigenvalue weighted by atomic mass is 35.5. The van der Waals surface area contributed by atoms with E-state index in [1.54, 1.807) is 19.1 Å². The second-order valence-corrected chi connectivity index (χ2v) is 5.23. The molecule has 0 radical (unpaired) electrons. The number of ether oxygens (including phenoxy) is 1. The van der Waals surface area contributed by atoms with E-state index in [-0.39, 0.29) is 9.92 Å². The van der Waals surface area contributed by atoms with Gasteiger partial charge in [0.15, 0.2) is 0 Å². The topological polar surface area (TPSA) is 67.8 Å². The van der Waals surface area contributed by atoms with E-state index in [1.165, 1.54) is 7.11 Å². The number of fused-ring (bicyclic) bond motifs is 1. The first-order chi connectivity index (χ1) is 7.47. The minimum Gasteiger partial charge on any atom is -0.495 e. The van der Waals surface area contributed by atoms with Crippen LogP contribution >= 0.6 is 11.6 Å². The normalized spacial score (nSPS) is 17.1. The molecule has 2 rings (SSSR count). The summed E-state index contributed by atoms with van der Waals surface area (Å²) in [5.41, 5.74) is 1.05. The molecule has 0 atom stereocenters. The maximum absolute atomic E-state index is 11.7. The lowest BCUT2D eigenvalue weighted by Crippen LogP contribution is -2.27. The van der Waals surface area contributed by atoms with Crippen molar-refractivity contribution in [3.8, 4) is 5.75 Å². The number of halogens is 1. The Hall–Kier alpha value is -1.27. The molecule has 0 saturated carbocycles. The van der Waals surface area contributed by atoms with Gasteiger partial charge in [-0.25, -0.2) is 0 Å². The van der Waals surface area contributed by atoms with Crippen LogP contribution < -0.4 is 9.57 Å². The maximum atomic E-state index is 11.7. The van der Waals surface area contributed by atoms with E-state index >= 15 is 0 Å². The Morgan fingerprint density at radius 3 is 2.75 bits per heavy atom.